The number of nitrogens with one attached hydrogen (secondary N) is 1. The lowest BCUT2D eigenvalue weighted by Gasteiger charge is -2.27. The summed E-state index contributed by atoms with van der Waals surface area (Å²) in [6, 6.07) is 7.73. The SMILES string of the molecule is FC(F)(F)c1cccc(CCCC2CCC(c3nnn4cnc5[nH]ccc5c34)CC2)c1. The summed E-state index contributed by atoms with van der Waals surface area (Å²) in [5.74, 6) is 1.01. The van der Waals surface area contributed by atoms with Crippen LogP contribution >= 0.6 is 0 Å². The van der Waals surface area contributed by atoms with Crippen LogP contribution in [0.3, 0.4) is 0 Å². The van der Waals surface area contributed by atoms with Crippen molar-refractivity contribution < 1.29 is 13.2 Å². The van der Waals surface area contributed by atoms with E-state index in [9.17, 15) is 13.2 Å². The van der Waals surface area contributed by atoms with E-state index in [-0.39, 0.29) is 0 Å². The third-order valence-electron chi connectivity index (χ3n) is 6.56. The fourth-order valence-corrected chi connectivity index (χ4v) is 4.92. The standard InChI is InChI=1S/C23H24F3N5/c24-23(25,26)18-6-2-5-16(13-18)4-1-3-15-7-9-17(10-8-15)20-21-19-11-12-27-22(19)28-14-31(21)30-29-20/h2,5-6,11-15,17,27H,1,3-4,7-10H2. The molecule has 8 heteroatoms. The molecule has 1 aliphatic rings. The molecular formula is C23H24F3N5. The van der Waals surface area contributed by atoms with Gasteiger partial charge in [0, 0.05) is 17.5 Å². The summed E-state index contributed by atoms with van der Waals surface area (Å²) in [5.41, 5.74) is 3.15. The number of halogens is 3. The maximum absolute atomic E-state index is 12.9. The fourth-order valence-electron chi connectivity index (χ4n) is 4.92. The van der Waals surface area contributed by atoms with Crippen molar-refractivity contribution in [2.24, 2.45) is 5.92 Å². The minimum absolute atomic E-state index is 0.387. The summed E-state index contributed by atoms with van der Waals surface area (Å²) >= 11 is 0. The van der Waals surface area contributed by atoms with Crippen LogP contribution in [-0.2, 0) is 12.6 Å². The van der Waals surface area contributed by atoms with Gasteiger partial charge in [-0.15, -0.1) is 5.10 Å². The van der Waals surface area contributed by atoms with E-state index in [0.29, 0.717) is 18.3 Å². The lowest BCUT2D eigenvalue weighted by molar-refractivity contribution is -0.137. The number of aryl methyl sites for hydroxylation is 1. The van der Waals surface area contributed by atoms with Crippen LogP contribution < -0.4 is 0 Å². The monoisotopic (exact) mass is 427 g/mol. The van der Waals surface area contributed by atoms with E-state index in [1.165, 1.54) is 12.1 Å². The highest BCUT2D eigenvalue weighted by Gasteiger charge is 2.30. The van der Waals surface area contributed by atoms with Gasteiger partial charge >= 0.3 is 6.18 Å². The molecule has 0 aliphatic heterocycles. The molecule has 1 fully saturated rings. The van der Waals surface area contributed by atoms with Gasteiger partial charge < -0.3 is 4.98 Å². The Kier molecular flexibility index (Phi) is 5.16. The van der Waals surface area contributed by atoms with Crippen LogP contribution in [0.5, 0.6) is 0 Å². The van der Waals surface area contributed by atoms with E-state index in [4.69, 9.17) is 0 Å². The Bertz CT molecular complexity index is 1180. The second-order valence-electron chi connectivity index (χ2n) is 8.56. The molecule has 0 amide bonds. The highest BCUT2D eigenvalue weighted by Crippen LogP contribution is 2.39. The molecule has 0 atom stereocenters. The number of alkyl halides is 3. The van der Waals surface area contributed by atoms with Crippen molar-refractivity contribution in [3.8, 4) is 0 Å². The van der Waals surface area contributed by atoms with Crippen LogP contribution in [0.15, 0.2) is 42.9 Å². The Balaban J connectivity index is 1.18. The molecule has 0 unspecified atom stereocenters. The van der Waals surface area contributed by atoms with Gasteiger partial charge in [-0.25, -0.2) is 9.50 Å². The van der Waals surface area contributed by atoms with Crippen LogP contribution in [-0.4, -0.2) is 24.8 Å². The summed E-state index contributed by atoms with van der Waals surface area (Å²) in [4.78, 5) is 7.50. The van der Waals surface area contributed by atoms with Crippen LogP contribution in [0.2, 0.25) is 0 Å². The van der Waals surface area contributed by atoms with Crippen molar-refractivity contribution in [3.05, 3.63) is 59.7 Å². The lowest BCUT2D eigenvalue weighted by atomic mass is 9.78. The third kappa shape index (κ3) is 4.03. The predicted octanol–water partition coefficient (Wildman–Crippen LogP) is 5.92. The molecule has 5 nitrogen and oxygen atoms in total. The van der Waals surface area contributed by atoms with Crippen LogP contribution in [0.4, 0.5) is 13.2 Å². The maximum atomic E-state index is 12.9. The number of hydrogen-bond acceptors (Lipinski definition) is 3. The molecule has 3 heterocycles. The largest absolute Gasteiger partial charge is 0.416 e. The fraction of sp³-hybridized carbons (Fsp3) is 0.435. The number of rotatable bonds is 5. The average Bonchev–Trinajstić information content (AvgIpc) is 3.40. The zero-order chi connectivity index (χ0) is 21.4. The third-order valence-corrected chi connectivity index (χ3v) is 6.56. The Morgan fingerprint density at radius 2 is 1.94 bits per heavy atom. The van der Waals surface area contributed by atoms with Gasteiger partial charge in [0.2, 0.25) is 0 Å². The van der Waals surface area contributed by atoms with Crippen molar-refractivity contribution in [1.29, 1.82) is 0 Å². The van der Waals surface area contributed by atoms with E-state index in [0.717, 1.165) is 72.4 Å². The number of hydrogen-bond donors (Lipinski definition) is 1. The van der Waals surface area contributed by atoms with Gasteiger partial charge in [0.25, 0.3) is 0 Å². The van der Waals surface area contributed by atoms with Crippen LogP contribution in [0, 0.1) is 5.92 Å². The number of aromatic nitrogens is 5. The van der Waals surface area contributed by atoms with E-state index in [2.05, 4.69) is 20.3 Å². The number of benzene rings is 1. The minimum atomic E-state index is -4.28. The summed E-state index contributed by atoms with van der Waals surface area (Å²) in [6.07, 6.45) is 6.34. The first-order chi connectivity index (χ1) is 15.0. The number of fused-ring (bicyclic) bond motifs is 3. The summed E-state index contributed by atoms with van der Waals surface area (Å²) in [5, 5.41) is 9.78. The molecule has 3 aromatic heterocycles. The normalized spacial score (nSPS) is 20.0. The molecule has 31 heavy (non-hydrogen) atoms. The van der Waals surface area contributed by atoms with Crippen molar-refractivity contribution in [3.63, 3.8) is 0 Å². The second kappa shape index (κ2) is 7.98. The van der Waals surface area contributed by atoms with E-state index < -0.39 is 11.7 Å². The summed E-state index contributed by atoms with van der Waals surface area (Å²) in [6.45, 7) is 0. The summed E-state index contributed by atoms with van der Waals surface area (Å²) in [7, 11) is 0. The number of H-pyrrole nitrogens is 1. The Morgan fingerprint density at radius 1 is 1.10 bits per heavy atom. The first kappa shape index (κ1) is 20.0. The van der Waals surface area contributed by atoms with Crippen molar-refractivity contribution >= 4 is 16.6 Å². The Labute approximate surface area is 177 Å². The molecule has 0 bridgehead atoms. The molecule has 1 aliphatic carbocycles. The molecule has 1 saturated carbocycles. The van der Waals surface area contributed by atoms with Gasteiger partial charge in [-0.1, -0.05) is 29.8 Å². The van der Waals surface area contributed by atoms with Crippen molar-refractivity contribution in [2.45, 2.75) is 57.0 Å². The van der Waals surface area contributed by atoms with Crippen molar-refractivity contribution in [2.75, 3.05) is 0 Å². The molecule has 4 aromatic rings. The number of nitrogens with zero attached hydrogens (tertiary/aromatic N) is 4. The second-order valence-corrected chi connectivity index (χ2v) is 8.56. The first-order valence-electron chi connectivity index (χ1n) is 10.8. The zero-order valence-corrected chi connectivity index (χ0v) is 17.1. The van der Waals surface area contributed by atoms with Gasteiger partial charge in [-0.3, -0.25) is 0 Å². The Morgan fingerprint density at radius 3 is 2.74 bits per heavy atom. The molecule has 5 rings (SSSR count). The van der Waals surface area contributed by atoms with Gasteiger partial charge in [-0.05, 0) is 62.1 Å². The van der Waals surface area contributed by atoms with Crippen molar-refractivity contribution in [1.82, 2.24) is 24.8 Å². The maximum Gasteiger partial charge on any atom is 0.416 e. The molecule has 0 spiro atoms. The topological polar surface area (TPSA) is 58.9 Å². The minimum Gasteiger partial charge on any atom is -0.346 e. The van der Waals surface area contributed by atoms with Crippen LogP contribution in [0.25, 0.3) is 16.6 Å². The van der Waals surface area contributed by atoms with Gasteiger partial charge in [0.05, 0.1) is 11.3 Å². The molecule has 0 radical (unpaired) electrons. The van der Waals surface area contributed by atoms with Crippen LogP contribution in [0.1, 0.15) is 61.3 Å². The lowest BCUT2D eigenvalue weighted by Crippen LogP contribution is -2.14. The van der Waals surface area contributed by atoms with E-state index in [1.54, 1.807) is 16.9 Å². The molecule has 162 valence electrons. The number of aromatic amines is 1. The highest BCUT2D eigenvalue weighted by atomic mass is 19.4. The van der Waals surface area contributed by atoms with Gasteiger partial charge in [0.15, 0.2) is 0 Å². The average molecular weight is 427 g/mol. The first-order valence-corrected chi connectivity index (χ1v) is 10.8. The predicted molar refractivity (Wildman–Crippen MR) is 112 cm³/mol. The van der Waals surface area contributed by atoms with Gasteiger partial charge in [-0.2, -0.15) is 13.2 Å². The van der Waals surface area contributed by atoms with E-state index in [1.807, 2.05) is 12.3 Å². The quantitative estimate of drug-likeness (QED) is 0.430. The molecule has 1 N–H and O–H groups in total. The highest BCUT2D eigenvalue weighted by molar-refractivity contribution is 5.92. The zero-order valence-electron chi connectivity index (χ0n) is 17.1. The molecule has 0 saturated heterocycles. The molecule has 1 aromatic carbocycles. The van der Waals surface area contributed by atoms with E-state index >= 15 is 0 Å². The summed E-state index contributed by atoms with van der Waals surface area (Å²) < 4.78 is 40.4. The van der Waals surface area contributed by atoms with Gasteiger partial charge in [0.1, 0.15) is 17.5 Å². The molecular weight excluding hydrogens is 403 g/mol. The smallest absolute Gasteiger partial charge is 0.346 e. The Hall–Kier alpha value is -2.90.